The molecule has 0 aromatic rings. The standard InChI is InChI=1S/C12H24N2O/c1-9(2)8-10(3)14-12(15)11-6-4-5-7-13-11/h9-11,13H,4-8H2,1-3H3,(H,14,15)/t10?,11-/m0/s1. The third-order valence-corrected chi connectivity index (χ3v) is 2.84. The molecule has 0 radical (unpaired) electrons. The fraction of sp³-hybridized carbons (Fsp3) is 0.917. The zero-order chi connectivity index (χ0) is 11.3. The number of nitrogens with one attached hydrogen (secondary N) is 2. The van der Waals surface area contributed by atoms with Crippen LogP contribution in [0.3, 0.4) is 0 Å². The Labute approximate surface area is 93.0 Å². The fourth-order valence-electron chi connectivity index (χ4n) is 2.19. The van der Waals surface area contributed by atoms with Crippen LogP contribution < -0.4 is 10.6 Å². The first-order chi connectivity index (χ1) is 7.09. The maximum atomic E-state index is 11.8. The average Bonchev–Trinajstić information content (AvgIpc) is 2.17. The molecule has 1 unspecified atom stereocenters. The van der Waals surface area contributed by atoms with Crippen molar-refractivity contribution in [3.05, 3.63) is 0 Å². The topological polar surface area (TPSA) is 41.1 Å². The summed E-state index contributed by atoms with van der Waals surface area (Å²) in [5.74, 6) is 0.822. The van der Waals surface area contributed by atoms with Gasteiger partial charge in [-0.05, 0) is 38.6 Å². The van der Waals surface area contributed by atoms with Crippen molar-refractivity contribution < 1.29 is 4.79 Å². The summed E-state index contributed by atoms with van der Waals surface area (Å²) in [6.45, 7) is 7.43. The summed E-state index contributed by atoms with van der Waals surface area (Å²) in [5.41, 5.74) is 0. The first-order valence-electron chi connectivity index (χ1n) is 6.13. The highest BCUT2D eigenvalue weighted by Crippen LogP contribution is 2.08. The van der Waals surface area contributed by atoms with Crippen LogP contribution in [0.2, 0.25) is 0 Å². The Morgan fingerprint density at radius 3 is 2.67 bits per heavy atom. The molecule has 0 spiro atoms. The summed E-state index contributed by atoms with van der Waals surface area (Å²) in [5, 5.41) is 6.34. The van der Waals surface area contributed by atoms with Crippen LogP contribution in [0.4, 0.5) is 0 Å². The van der Waals surface area contributed by atoms with E-state index in [2.05, 4.69) is 31.4 Å². The fourth-order valence-corrected chi connectivity index (χ4v) is 2.19. The number of rotatable bonds is 4. The van der Waals surface area contributed by atoms with Crippen LogP contribution in [0.5, 0.6) is 0 Å². The van der Waals surface area contributed by atoms with Crippen LogP contribution in [0.1, 0.15) is 46.5 Å². The maximum Gasteiger partial charge on any atom is 0.237 e. The Balaban J connectivity index is 2.27. The molecule has 0 aliphatic carbocycles. The molecule has 1 aliphatic heterocycles. The minimum atomic E-state index is 0.0494. The van der Waals surface area contributed by atoms with Gasteiger partial charge in [0.2, 0.25) is 5.91 Å². The van der Waals surface area contributed by atoms with E-state index in [4.69, 9.17) is 0 Å². The minimum absolute atomic E-state index is 0.0494. The van der Waals surface area contributed by atoms with E-state index in [-0.39, 0.29) is 11.9 Å². The molecule has 3 heteroatoms. The number of hydrogen-bond acceptors (Lipinski definition) is 2. The van der Waals surface area contributed by atoms with Gasteiger partial charge in [0.25, 0.3) is 0 Å². The summed E-state index contributed by atoms with van der Waals surface area (Å²) < 4.78 is 0. The molecule has 0 aromatic carbocycles. The monoisotopic (exact) mass is 212 g/mol. The Bertz CT molecular complexity index is 198. The molecule has 1 aliphatic rings. The van der Waals surface area contributed by atoms with Crippen molar-refractivity contribution in [2.45, 2.75) is 58.5 Å². The number of hydrogen-bond donors (Lipinski definition) is 2. The van der Waals surface area contributed by atoms with Gasteiger partial charge < -0.3 is 10.6 Å². The second-order valence-electron chi connectivity index (χ2n) is 5.04. The average molecular weight is 212 g/mol. The summed E-state index contributed by atoms with van der Waals surface area (Å²) in [6.07, 6.45) is 4.41. The second kappa shape index (κ2) is 6.11. The summed E-state index contributed by atoms with van der Waals surface area (Å²) in [7, 11) is 0. The molecule has 2 atom stereocenters. The molecular weight excluding hydrogens is 188 g/mol. The minimum Gasteiger partial charge on any atom is -0.352 e. The third-order valence-electron chi connectivity index (χ3n) is 2.84. The lowest BCUT2D eigenvalue weighted by Crippen LogP contribution is -2.49. The smallest absolute Gasteiger partial charge is 0.237 e. The molecule has 1 heterocycles. The molecule has 0 aromatic heterocycles. The maximum absolute atomic E-state index is 11.8. The third kappa shape index (κ3) is 4.65. The lowest BCUT2D eigenvalue weighted by molar-refractivity contribution is -0.124. The quantitative estimate of drug-likeness (QED) is 0.744. The number of piperidine rings is 1. The first kappa shape index (κ1) is 12.5. The van der Waals surface area contributed by atoms with Gasteiger partial charge in [-0.25, -0.2) is 0 Å². The highest BCUT2D eigenvalue weighted by Gasteiger charge is 2.21. The summed E-state index contributed by atoms with van der Waals surface area (Å²) in [4.78, 5) is 11.8. The molecule has 1 rings (SSSR count). The van der Waals surface area contributed by atoms with Crippen molar-refractivity contribution in [2.75, 3.05) is 6.54 Å². The number of amides is 1. The van der Waals surface area contributed by atoms with Crippen molar-refractivity contribution >= 4 is 5.91 Å². The van der Waals surface area contributed by atoms with Crippen LogP contribution in [0.15, 0.2) is 0 Å². The lowest BCUT2D eigenvalue weighted by atomic mass is 10.0. The van der Waals surface area contributed by atoms with Crippen LogP contribution in [0.25, 0.3) is 0 Å². The Morgan fingerprint density at radius 1 is 1.40 bits per heavy atom. The van der Waals surface area contributed by atoms with Gasteiger partial charge in [-0.3, -0.25) is 4.79 Å². The van der Waals surface area contributed by atoms with Crippen molar-refractivity contribution in [2.24, 2.45) is 5.92 Å². The van der Waals surface area contributed by atoms with Gasteiger partial charge in [0.1, 0.15) is 0 Å². The van der Waals surface area contributed by atoms with E-state index in [9.17, 15) is 4.79 Å². The highest BCUT2D eigenvalue weighted by atomic mass is 16.2. The predicted octanol–water partition coefficient (Wildman–Crippen LogP) is 1.68. The van der Waals surface area contributed by atoms with Crippen LogP contribution in [0, 0.1) is 5.92 Å². The van der Waals surface area contributed by atoms with Crippen molar-refractivity contribution in [1.29, 1.82) is 0 Å². The molecule has 1 amide bonds. The number of carbonyl (C=O) groups is 1. The van der Waals surface area contributed by atoms with Crippen LogP contribution in [-0.4, -0.2) is 24.5 Å². The number of carbonyl (C=O) groups excluding carboxylic acids is 1. The molecule has 0 saturated carbocycles. The van der Waals surface area contributed by atoms with Crippen molar-refractivity contribution in [3.63, 3.8) is 0 Å². The molecule has 1 saturated heterocycles. The molecule has 88 valence electrons. The van der Waals surface area contributed by atoms with Gasteiger partial charge in [-0.2, -0.15) is 0 Å². The van der Waals surface area contributed by atoms with Gasteiger partial charge in [0, 0.05) is 6.04 Å². The van der Waals surface area contributed by atoms with Crippen molar-refractivity contribution in [3.8, 4) is 0 Å². The Hall–Kier alpha value is -0.570. The molecular formula is C12H24N2O. The van der Waals surface area contributed by atoms with E-state index >= 15 is 0 Å². The SMILES string of the molecule is CC(C)CC(C)NC(=O)[C@@H]1CCCCN1. The van der Waals surface area contributed by atoms with Gasteiger partial charge >= 0.3 is 0 Å². The molecule has 2 N–H and O–H groups in total. The van der Waals surface area contributed by atoms with Gasteiger partial charge in [-0.1, -0.05) is 20.3 Å². The summed E-state index contributed by atoms with van der Waals surface area (Å²) in [6, 6.07) is 0.342. The molecule has 3 nitrogen and oxygen atoms in total. The van der Waals surface area contributed by atoms with Gasteiger partial charge in [0.05, 0.1) is 6.04 Å². The van der Waals surface area contributed by atoms with Gasteiger partial charge in [0.15, 0.2) is 0 Å². The molecule has 1 fully saturated rings. The molecule has 15 heavy (non-hydrogen) atoms. The highest BCUT2D eigenvalue weighted by molar-refractivity contribution is 5.82. The zero-order valence-electron chi connectivity index (χ0n) is 10.2. The summed E-state index contributed by atoms with van der Waals surface area (Å²) >= 11 is 0. The van der Waals surface area contributed by atoms with Crippen LogP contribution >= 0.6 is 0 Å². The van der Waals surface area contributed by atoms with E-state index in [0.717, 1.165) is 19.4 Å². The van der Waals surface area contributed by atoms with Crippen molar-refractivity contribution in [1.82, 2.24) is 10.6 Å². The largest absolute Gasteiger partial charge is 0.352 e. The first-order valence-corrected chi connectivity index (χ1v) is 6.13. The predicted molar refractivity (Wildman–Crippen MR) is 62.7 cm³/mol. The Morgan fingerprint density at radius 2 is 2.13 bits per heavy atom. The van der Waals surface area contributed by atoms with E-state index in [1.54, 1.807) is 0 Å². The molecule has 0 bridgehead atoms. The van der Waals surface area contributed by atoms with E-state index in [1.165, 1.54) is 12.8 Å². The van der Waals surface area contributed by atoms with Gasteiger partial charge in [-0.15, -0.1) is 0 Å². The second-order valence-corrected chi connectivity index (χ2v) is 5.04. The lowest BCUT2D eigenvalue weighted by Gasteiger charge is -2.25. The van der Waals surface area contributed by atoms with E-state index in [0.29, 0.717) is 12.0 Å². The normalized spacial score (nSPS) is 23.9. The van der Waals surface area contributed by atoms with E-state index < -0.39 is 0 Å². The van der Waals surface area contributed by atoms with Crippen LogP contribution in [-0.2, 0) is 4.79 Å². The Kier molecular flexibility index (Phi) is 5.09. The van der Waals surface area contributed by atoms with E-state index in [1.807, 2.05) is 0 Å². The zero-order valence-corrected chi connectivity index (χ0v) is 10.2.